The zero-order valence-electron chi connectivity index (χ0n) is 21.7. The third kappa shape index (κ3) is 4.61. The lowest BCUT2D eigenvalue weighted by Crippen LogP contribution is -2.37. The molecule has 1 aliphatic heterocycles. The van der Waals surface area contributed by atoms with Gasteiger partial charge in [-0.15, -0.1) is 0 Å². The summed E-state index contributed by atoms with van der Waals surface area (Å²) >= 11 is 0. The highest BCUT2D eigenvalue weighted by Crippen LogP contribution is 2.27. The van der Waals surface area contributed by atoms with Gasteiger partial charge in [-0.25, -0.2) is 28.4 Å². The number of hydrogen-bond acceptors (Lipinski definition) is 7. The molecular weight excluding hydrogens is 506 g/mol. The van der Waals surface area contributed by atoms with Gasteiger partial charge in [0.25, 0.3) is 0 Å². The minimum absolute atomic E-state index is 0.0266. The molecular formula is C27H26F2N8O2. The van der Waals surface area contributed by atoms with Crippen LogP contribution in [0.1, 0.15) is 23.5 Å². The fourth-order valence-corrected chi connectivity index (χ4v) is 4.83. The molecule has 200 valence electrons. The van der Waals surface area contributed by atoms with Gasteiger partial charge in [0.1, 0.15) is 35.0 Å². The van der Waals surface area contributed by atoms with E-state index in [1.165, 1.54) is 23.2 Å². The van der Waals surface area contributed by atoms with Crippen molar-refractivity contribution in [1.82, 2.24) is 34.2 Å². The number of likely N-dealkylation sites (tertiary alicyclic amines) is 1. The molecule has 5 rings (SSSR count). The van der Waals surface area contributed by atoms with Gasteiger partial charge in [0, 0.05) is 33.0 Å². The van der Waals surface area contributed by atoms with Gasteiger partial charge in [-0.3, -0.25) is 4.79 Å². The van der Waals surface area contributed by atoms with E-state index in [2.05, 4.69) is 38.5 Å². The molecule has 0 saturated carbocycles. The van der Waals surface area contributed by atoms with Gasteiger partial charge in [0.2, 0.25) is 5.91 Å². The number of carbonyl (C=O) groups excluding carboxylic acids is 1. The van der Waals surface area contributed by atoms with Crippen LogP contribution in [-0.4, -0.2) is 66.4 Å². The molecule has 1 aliphatic rings. The molecule has 0 aliphatic carbocycles. The van der Waals surface area contributed by atoms with Crippen molar-refractivity contribution < 1.29 is 18.3 Å². The van der Waals surface area contributed by atoms with E-state index in [-0.39, 0.29) is 34.9 Å². The third-order valence-corrected chi connectivity index (χ3v) is 6.88. The second kappa shape index (κ2) is 10.3. The number of rotatable bonds is 5. The number of aromatic nitrogens is 6. The molecule has 1 fully saturated rings. The molecule has 10 nitrogen and oxygen atoms in total. The summed E-state index contributed by atoms with van der Waals surface area (Å²) < 4.78 is 38.4. The Morgan fingerprint density at radius 1 is 1.33 bits per heavy atom. The van der Waals surface area contributed by atoms with Gasteiger partial charge < -0.3 is 19.9 Å². The van der Waals surface area contributed by atoms with Crippen molar-refractivity contribution in [3.05, 3.63) is 59.8 Å². The second-order valence-corrected chi connectivity index (χ2v) is 9.28. The Morgan fingerprint density at radius 3 is 2.87 bits per heavy atom. The molecule has 3 aromatic heterocycles. The number of nitrogens with two attached hydrogens (primary N) is 1. The third-order valence-electron chi connectivity index (χ3n) is 6.88. The molecule has 2 N–H and O–H groups in total. The van der Waals surface area contributed by atoms with Crippen LogP contribution in [0.2, 0.25) is 0 Å². The molecule has 2 atom stereocenters. The normalized spacial score (nSPS) is 17.3. The van der Waals surface area contributed by atoms with Crippen LogP contribution in [0.15, 0.2) is 31.1 Å². The summed E-state index contributed by atoms with van der Waals surface area (Å²) in [5.41, 5.74) is 6.60. The topological polar surface area (TPSA) is 117 Å². The van der Waals surface area contributed by atoms with E-state index in [9.17, 15) is 9.18 Å². The lowest BCUT2D eigenvalue weighted by molar-refractivity contribution is -0.127. The maximum atomic E-state index is 15.2. The Kier molecular flexibility index (Phi) is 6.84. The van der Waals surface area contributed by atoms with Gasteiger partial charge in [-0.1, -0.05) is 18.6 Å². The maximum Gasteiger partial charge on any atom is 0.246 e. The predicted octanol–water partition coefficient (Wildman–Crippen LogP) is 2.80. The molecule has 0 spiro atoms. The van der Waals surface area contributed by atoms with Crippen LogP contribution in [0.3, 0.4) is 0 Å². The molecule has 12 heteroatoms. The van der Waals surface area contributed by atoms with Crippen LogP contribution in [-0.2, 0) is 16.6 Å². The molecule has 39 heavy (non-hydrogen) atoms. The number of nitrogens with zero attached hydrogens (tertiary/aromatic N) is 7. The van der Waals surface area contributed by atoms with Crippen LogP contribution in [0.4, 0.5) is 14.6 Å². The van der Waals surface area contributed by atoms with Crippen LogP contribution in [0, 0.1) is 36.3 Å². The molecule has 1 amide bonds. The Hall–Kier alpha value is -4.63. The highest BCUT2D eigenvalue weighted by molar-refractivity contribution is 5.91. The van der Waals surface area contributed by atoms with Crippen molar-refractivity contribution in [3.8, 4) is 11.8 Å². The number of methoxy groups -OCH3 is 1. The number of carbonyl (C=O) groups is 1. The van der Waals surface area contributed by atoms with Gasteiger partial charge in [0.05, 0.1) is 29.1 Å². The predicted molar refractivity (Wildman–Crippen MR) is 142 cm³/mol. The summed E-state index contributed by atoms with van der Waals surface area (Å²) in [6.45, 7) is 6.19. The lowest BCUT2D eigenvalue weighted by Gasteiger charge is -2.22. The number of imidazole rings is 1. The van der Waals surface area contributed by atoms with E-state index in [1.807, 2.05) is 6.08 Å². The van der Waals surface area contributed by atoms with E-state index in [1.54, 1.807) is 36.7 Å². The molecule has 1 aromatic carbocycles. The zero-order chi connectivity index (χ0) is 27.8. The molecule has 4 heterocycles. The number of benzene rings is 1. The number of hydrogen-bond donors (Lipinski definition) is 1. The fourth-order valence-electron chi connectivity index (χ4n) is 4.83. The first kappa shape index (κ1) is 26.0. The van der Waals surface area contributed by atoms with E-state index < -0.39 is 17.2 Å². The van der Waals surface area contributed by atoms with E-state index >= 15 is 4.39 Å². The number of anilines is 1. The van der Waals surface area contributed by atoms with E-state index in [0.29, 0.717) is 41.9 Å². The average molecular weight is 533 g/mol. The largest absolute Gasteiger partial charge is 0.383 e. The quantitative estimate of drug-likeness (QED) is 0.310. The Balaban J connectivity index is 1.51. The average Bonchev–Trinajstić information content (AvgIpc) is 3.57. The summed E-state index contributed by atoms with van der Waals surface area (Å²) in [6.07, 6.45) is 6.91. The number of aryl methyl sites for hydroxylation is 2. The van der Waals surface area contributed by atoms with Crippen molar-refractivity contribution in [3.63, 3.8) is 0 Å². The summed E-state index contributed by atoms with van der Waals surface area (Å²) in [7, 11) is 3.28. The molecule has 1 saturated heterocycles. The van der Waals surface area contributed by atoms with Crippen LogP contribution >= 0.6 is 0 Å². The molecule has 4 aromatic rings. The van der Waals surface area contributed by atoms with Gasteiger partial charge in [-0.2, -0.15) is 5.10 Å². The SMILES string of the molecule is C=CC(=O)N1CC(/C=C/n2nc(C#Cc3c(F)cc4c(nc(C)n4C)c3F)c3c(N)ncnc32)C[C@@H]1COC. The number of fused-ring (bicyclic) bond motifs is 2. The van der Waals surface area contributed by atoms with Crippen molar-refractivity contribution in [2.24, 2.45) is 13.0 Å². The lowest BCUT2D eigenvalue weighted by atomic mass is 10.1. The maximum absolute atomic E-state index is 15.2. The molecule has 0 bridgehead atoms. The number of halogens is 2. The van der Waals surface area contributed by atoms with Gasteiger partial charge >= 0.3 is 0 Å². The number of nitrogen functional groups attached to an aromatic ring is 1. The summed E-state index contributed by atoms with van der Waals surface area (Å²) in [5.74, 6) is 4.19. The Labute approximate surface area is 222 Å². The van der Waals surface area contributed by atoms with Gasteiger partial charge in [-0.05, 0) is 31.3 Å². The standard InChI is InChI=1S/C27H26F2N8O2/c1-5-22(38)36-12-16(10-17(36)13-39-4)8-9-37-27-23(26(30)31-14-32-27)20(34-37)7-6-18-19(28)11-21-25(24(18)29)33-15(2)35(21)3/h5,8-9,11,14,16-17H,1,10,12-13H2,2-4H3,(H2,30,31,32)/b9-8+/t16?,17-/m1/s1. The smallest absolute Gasteiger partial charge is 0.246 e. The Morgan fingerprint density at radius 2 is 2.13 bits per heavy atom. The number of ether oxygens (including phenoxy) is 1. The summed E-state index contributed by atoms with van der Waals surface area (Å²) in [4.78, 5) is 26.5. The highest BCUT2D eigenvalue weighted by atomic mass is 19.1. The first-order valence-corrected chi connectivity index (χ1v) is 12.2. The van der Waals surface area contributed by atoms with Crippen molar-refractivity contribution in [1.29, 1.82) is 0 Å². The molecule has 0 radical (unpaired) electrons. The van der Waals surface area contributed by atoms with E-state index in [0.717, 1.165) is 0 Å². The van der Waals surface area contributed by atoms with Crippen LogP contribution in [0.25, 0.3) is 28.3 Å². The van der Waals surface area contributed by atoms with Crippen LogP contribution < -0.4 is 5.73 Å². The summed E-state index contributed by atoms with van der Waals surface area (Å²) in [5, 5.41) is 4.84. The van der Waals surface area contributed by atoms with E-state index in [4.69, 9.17) is 10.5 Å². The first-order chi connectivity index (χ1) is 18.7. The van der Waals surface area contributed by atoms with Gasteiger partial charge in [0.15, 0.2) is 11.5 Å². The zero-order valence-corrected chi connectivity index (χ0v) is 21.7. The first-order valence-electron chi connectivity index (χ1n) is 12.2. The van der Waals surface area contributed by atoms with Crippen molar-refractivity contribution in [2.75, 3.05) is 26.0 Å². The van der Waals surface area contributed by atoms with Crippen molar-refractivity contribution in [2.45, 2.75) is 19.4 Å². The van der Waals surface area contributed by atoms with Crippen LogP contribution in [0.5, 0.6) is 0 Å². The fraction of sp³-hybridized carbons (Fsp3) is 0.296. The Bertz CT molecular complexity index is 1710. The minimum Gasteiger partial charge on any atom is -0.383 e. The summed E-state index contributed by atoms with van der Waals surface area (Å²) in [6, 6.07) is 1.13. The second-order valence-electron chi connectivity index (χ2n) is 9.28. The highest BCUT2D eigenvalue weighted by Gasteiger charge is 2.33. The van der Waals surface area contributed by atoms with Crippen molar-refractivity contribution >= 4 is 40.0 Å². The monoisotopic (exact) mass is 532 g/mol. The molecule has 1 unspecified atom stereocenters. The minimum atomic E-state index is -0.848. The number of amides is 1.